The molecule has 0 atom stereocenters. The standard InChI is InChI=1S/C22H28N2O5S/c1-23(18-9-8-10-19(16-18)28-2)22(25)17-11-12-20(29-3)21(15-17)30(26,27)24-13-6-4-5-7-14-24/h8-12,15-16H,4-7,13-14H2,1-3H3. The molecule has 1 heterocycles. The molecule has 0 bridgehead atoms. The van der Waals surface area contributed by atoms with E-state index in [4.69, 9.17) is 9.47 Å². The second-order valence-corrected chi connectivity index (χ2v) is 9.16. The van der Waals surface area contributed by atoms with Gasteiger partial charge >= 0.3 is 0 Å². The third-order valence-electron chi connectivity index (χ3n) is 5.34. The van der Waals surface area contributed by atoms with Gasteiger partial charge in [-0.2, -0.15) is 4.31 Å². The van der Waals surface area contributed by atoms with Gasteiger partial charge in [-0.25, -0.2) is 8.42 Å². The first-order chi connectivity index (χ1) is 14.4. The van der Waals surface area contributed by atoms with Crippen molar-refractivity contribution < 1.29 is 22.7 Å². The Morgan fingerprint density at radius 2 is 1.67 bits per heavy atom. The van der Waals surface area contributed by atoms with Crippen molar-refractivity contribution in [2.24, 2.45) is 0 Å². The molecule has 1 aliphatic heterocycles. The molecular formula is C22H28N2O5S. The first kappa shape index (κ1) is 22.1. The van der Waals surface area contributed by atoms with Gasteiger partial charge in [-0.1, -0.05) is 18.9 Å². The number of ether oxygens (including phenoxy) is 2. The third kappa shape index (κ3) is 4.60. The van der Waals surface area contributed by atoms with Gasteiger partial charge in [0.25, 0.3) is 5.91 Å². The van der Waals surface area contributed by atoms with Crippen LogP contribution in [-0.4, -0.2) is 53.0 Å². The average molecular weight is 433 g/mol. The third-order valence-corrected chi connectivity index (χ3v) is 7.26. The van der Waals surface area contributed by atoms with E-state index >= 15 is 0 Å². The molecule has 0 radical (unpaired) electrons. The first-order valence-electron chi connectivity index (χ1n) is 9.99. The van der Waals surface area contributed by atoms with Gasteiger partial charge in [0.05, 0.1) is 14.2 Å². The molecule has 8 heteroatoms. The molecule has 162 valence electrons. The molecular weight excluding hydrogens is 404 g/mol. The van der Waals surface area contributed by atoms with Gasteiger partial charge in [-0.15, -0.1) is 0 Å². The van der Waals surface area contributed by atoms with E-state index in [1.807, 2.05) is 0 Å². The molecule has 0 unspecified atom stereocenters. The molecule has 0 spiro atoms. The van der Waals surface area contributed by atoms with E-state index < -0.39 is 10.0 Å². The maximum atomic E-state index is 13.3. The van der Waals surface area contributed by atoms with E-state index in [2.05, 4.69) is 0 Å². The van der Waals surface area contributed by atoms with Gasteiger partial charge in [0, 0.05) is 37.5 Å². The summed E-state index contributed by atoms with van der Waals surface area (Å²) in [6.45, 7) is 0.959. The minimum absolute atomic E-state index is 0.0248. The predicted molar refractivity (Wildman–Crippen MR) is 116 cm³/mol. The highest BCUT2D eigenvalue weighted by molar-refractivity contribution is 7.89. The highest BCUT2D eigenvalue weighted by Crippen LogP contribution is 2.30. The Bertz CT molecular complexity index is 998. The highest BCUT2D eigenvalue weighted by atomic mass is 32.2. The Balaban J connectivity index is 1.96. The van der Waals surface area contributed by atoms with Crippen LogP contribution in [0.15, 0.2) is 47.4 Å². The van der Waals surface area contributed by atoms with Crippen LogP contribution in [0.25, 0.3) is 0 Å². The Morgan fingerprint density at radius 3 is 2.30 bits per heavy atom. The van der Waals surface area contributed by atoms with Crippen molar-refractivity contribution in [3.8, 4) is 11.5 Å². The number of hydrogen-bond donors (Lipinski definition) is 0. The van der Waals surface area contributed by atoms with Gasteiger partial charge in [0.1, 0.15) is 16.4 Å². The lowest BCUT2D eigenvalue weighted by Gasteiger charge is -2.22. The van der Waals surface area contributed by atoms with Crippen LogP contribution < -0.4 is 14.4 Å². The molecule has 1 fully saturated rings. The maximum absolute atomic E-state index is 13.3. The Kier molecular flexibility index (Phi) is 6.99. The Hall–Kier alpha value is -2.58. The molecule has 2 aromatic rings. The maximum Gasteiger partial charge on any atom is 0.258 e. The molecule has 0 N–H and O–H groups in total. The lowest BCUT2D eigenvalue weighted by atomic mass is 10.1. The van der Waals surface area contributed by atoms with E-state index in [0.717, 1.165) is 25.7 Å². The molecule has 3 rings (SSSR count). The second kappa shape index (κ2) is 9.49. The number of hydrogen-bond acceptors (Lipinski definition) is 5. The fourth-order valence-corrected chi connectivity index (χ4v) is 5.26. The van der Waals surface area contributed by atoms with Gasteiger partial charge in [0.2, 0.25) is 10.0 Å². The normalized spacial score (nSPS) is 15.3. The molecule has 1 amide bonds. The molecule has 2 aromatic carbocycles. The van der Waals surface area contributed by atoms with Gasteiger partial charge in [-0.05, 0) is 43.2 Å². The fourth-order valence-electron chi connectivity index (χ4n) is 3.56. The minimum atomic E-state index is -3.77. The summed E-state index contributed by atoms with van der Waals surface area (Å²) in [5.41, 5.74) is 0.918. The predicted octanol–water partition coefficient (Wildman–Crippen LogP) is 3.55. The Labute approximate surface area is 178 Å². The molecule has 1 aliphatic rings. The summed E-state index contributed by atoms with van der Waals surface area (Å²) in [6.07, 6.45) is 3.71. The quantitative estimate of drug-likeness (QED) is 0.698. The van der Waals surface area contributed by atoms with Crippen LogP contribution in [0.3, 0.4) is 0 Å². The van der Waals surface area contributed by atoms with Crippen LogP contribution >= 0.6 is 0 Å². The van der Waals surface area contributed by atoms with Crippen molar-refractivity contribution in [3.05, 3.63) is 48.0 Å². The second-order valence-electron chi connectivity index (χ2n) is 7.25. The number of carbonyl (C=O) groups excluding carboxylic acids is 1. The van der Waals surface area contributed by atoms with Crippen LogP contribution in [0.1, 0.15) is 36.0 Å². The number of benzene rings is 2. The lowest BCUT2D eigenvalue weighted by molar-refractivity contribution is 0.0992. The van der Waals surface area contributed by atoms with Crippen molar-refractivity contribution in [2.75, 3.05) is 39.3 Å². The van der Waals surface area contributed by atoms with E-state index in [-0.39, 0.29) is 22.1 Å². The summed E-state index contributed by atoms with van der Waals surface area (Å²) in [5, 5.41) is 0. The SMILES string of the molecule is COc1cccc(N(C)C(=O)c2ccc(OC)c(S(=O)(=O)N3CCCCCC3)c2)c1. The van der Waals surface area contributed by atoms with Crippen LogP contribution in [0.5, 0.6) is 11.5 Å². The van der Waals surface area contributed by atoms with E-state index in [1.165, 1.54) is 28.4 Å². The zero-order valence-electron chi connectivity index (χ0n) is 17.6. The smallest absolute Gasteiger partial charge is 0.258 e. The highest BCUT2D eigenvalue weighted by Gasteiger charge is 2.29. The lowest BCUT2D eigenvalue weighted by Crippen LogP contribution is -2.32. The van der Waals surface area contributed by atoms with Crippen LogP contribution in [0.4, 0.5) is 5.69 Å². The largest absolute Gasteiger partial charge is 0.497 e. The minimum Gasteiger partial charge on any atom is -0.497 e. The van der Waals surface area contributed by atoms with Crippen molar-refractivity contribution in [1.29, 1.82) is 0 Å². The molecule has 7 nitrogen and oxygen atoms in total. The topological polar surface area (TPSA) is 76.1 Å². The number of anilines is 1. The zero-order chi connectivity index (χ0) is 21.7. The summed E-state index contributed by atoms with van der Waals surface area (Å²) < 4.78 is 38.7. The summed E-state index contributed by atoms with van der Waals surface area (Å²) >= 11 is 0. The molecule has 30 heavy (non-hydrogen) atoms. The fraction of sp³-hybridized carbons (Fsp3) is 0.409. The van der Waals surface area contributed by atoms with Gasteiger partial charge in [-0.3, -0.25) is 4.79 Å². The zero-order valence-corrected chi connectivity index (χ0v) is 18.4. The molecule has 0 saturated carbocycles. The summed E-state index contributed by atoms with van der Waals surface area (Å²) in [4.78, 5) is 14.6. The summed E-state index contributed by atoms with van der Waals surface area (Å²) in [6, 6.07) is 11.7. The monoisotopic (exact) mass is 432 g/mol. The number of nitrogens with zero attached hydrogens (tertiary/aromatic N) is 2. The number of sulfonamides is 1. The Morgan fingerprint density at radius 1 is 0.967 bits per heavy atom. The van der Waals surface area contributed by atoms with Crippen molar-refractivity contribution in [2.45, 2.75) is 30.6 Å². The number of rotatable bonds is 6. The van der Waals surface area contributed by atoms with E-state index in [9.17, 15) is 13.2 Å². The summed E-state index contributed by atoms with van der Waals surface area (Å²) in [7, 11) is 0.867. The average Bonchev–Trinajstić information content (AvgIpc) is 3.08. The van der Waals surface area contributed by atoms with E-state index in [0.29, 0.717) is 24.5 Å². The number of methoxy groups -OCH3 is 2. The first-order valence-corrected chi connectivity index (χ1v) is 11.4. The molecule has 1 saturated heterocycles. The van der Waals surface area contributed by atoms with Crippen molar-refractivity contribution in [3.63, 3.8) is 0 Å². The van der Waals surface area contributed by atoms with Crippen molar-refractivity contribution >= 4 is 21.6 Å². The van der Waals surface area contributed by atoms with E-state index in [1.54, 1.807) is 44.5 Å². The van der Waals surface area contributed by atoms with Gasteiger partial charge in [0.15, 0.2) is 0 Å². The number of amides is 1. The van der Waals surface area contributed by atoms with Crippen LogP contribution in [0.2, 0.25) is 0 Å². The van der Waals surface area contributed by atoms with Crippen LogP contribution in [-0.2, 0) is 10.0 Å². The molecule has 0 aromatic heterocycles. The van der Waals surface area contributed by atoms with Gasteiger partial charge < -0.3 is 14.4 Å². The summed E-state index contributed by atoms with van der Waals surface area (Å²) in [5.74, 6) is 0.546. The number of carbonyl (C=O) groups is 1. The molecule has 0 aliphatic carbocycles. The van der Waals surface area contributed by atoms with Crippen LogP contribution in [0, 0.1) is 0 Å². The van der Waals surface area contributed by atoms with Crippen molar-refractivity contribution in [1.82, 2.24) is 4.31 Å².